The molecule has 14 aromatic rings. The molecule has 0 radical (unpaired) electrons. The van der Waals surface area contributed by atoms with Gasteiger partial charge in [-0.3, -0.25) is 0 Å². The summed E-state index contributed by atoms with van der Waals surface area (Å²) < 4.78 is 7.41. The van der Waals surface area contributed by atoms with Crippen LogP contribution in [0.15, 0.2) is 194 Å². The van der Waals surface area contributed by atoms with Gasteiger partial charge in [0.15, 0.2) is 17.5 Å². The molecule has 63 heavy (non-hydrogen) atoms. The minimum absolute atomic E-state index is 0.653. The first kappa shape index (κ1) is 34.9. The summed E-state index contributed by atoms with van der Waals surface area (Å²) in [5, 5.41) is 12.7. The van der Waals surface area contributed by atoms with Crippen LogP contribution < -0.4 is 0 Å². The molecule has 0 bridgehead atoms. The molecular formula is C57H32N4S2. The molecule has 14 rings (SSSR count). The molecule has 0 amide bonds. The van der Waals surface area contributed by atoms with Gasteiger partial charge in [-0.2, -0.15) is 0 Å². The topological polar surface area (TPSA) is 43.6 Å². The van der Waals surface area contributed by atoms with Gasteiger partial charge in [-0.25, -0.2) is 15.0 Å². The molecule has 6 heteroatoms. The van der Waals surface area contributed by atoms with Gasteiger partial charge in [0, 0.05) is 78.9 Å². The van der Waals surface area contributed by atoms with Gasteiger partial charge in [0.05, 0.1) is 11.0 Å². The first-order chi connectivity index (χ1) is 31.2. The molecule has 0 saturated carbocycles. The molecule has 4 heterocycles. The highest BCUT2D eigenvalue weighted by Gasteiger charge is 2.24. The summed E-state index contributed by atoms with van der Waals surface area (Å²) in [5.41, 5.74) is 8.94. The van der Waals surface area contributed by atoms with E-state index < -0.39 is 0 Å². The second kappa shape index (κ2) is 13.4. The van der Waals surface area contributed by atoms with E-state index in [-0.39, 0.29) is 0 Å². The molecule has 0 spiro atoms. The van der Waals surface area contributed by atoms with Crippen LogP contribution in [0.4, 0.5) is 0 Å². The summed E-state index contributed by atoms with van der Waals surface area (Å²) >= 11 is 3.65. The average Bonchev–Trinajstić information content (AvgIpc) is 4.03. The van der Waals surface area contributed by atoms with Gasteiger partial charge < -0.3 is 4.57 Å². The van der Waals surface area contributed by atoms with Gasteiger partial charge in [0.2, 0.25) is 0 Å². The van der Waals surface area contributed by atoms with Gasteiger partial charge in [-0.05, 0) is 87.9 Å². The Morgan fingerprint density at radius 3 is 1.71 bits per heavy atom. The van der Waals surface area contributed by atoms with E-state index in [1.807, 2.05) is 29.5 Å². The number of aromatic nitrogens is 4. The SMILES string of the molecule is c1ccc(-c2nc(-c3ccc4c(c3)sc3ccccc34)nc(-c3ccc4sc5cccc(-c6ccc7c8c6c6ccccc6c6cccc(c68)n7-c6ccccc6)c5c4c3)n2)cc1. The fourth-order valence-electron chi connectivity index (χ4n) is 10.1. The molecule has 0 atom stereocenters. The Hall–Kier alpha value is -7.77. The largest absolute Gasteiger partial charge is 0.309 e. The second-order valence-corrected chi connectivity index (χ2v) is 18.4. The number of hydrogen-bond acceptors (Lipinski definition) is 5. The van der Waals surface area contributed by atoms with Crippen molar-refractivity contribution in [1.29, 1.82) is 0 Å². The van der Waals surface area contributed by atoms with Crippen LogP contribution in [-0.4, -0.2) is 19.5 Å². The highest BCUT2D eigenvalue weighted by atomic mass is 32.1. The molecule has 0 aliphatic carbocycles. The number of rotatable bonds is 5. The molecule has 0 N–H and O–H groups in total. The van der Waals surface area contributed by atoms with Crippen LogP contribution in [0.3, 0.4) is 0 Å². The van der Waals surface area contributed by atoms with Crippen molar-refractivity contribution in [2.75, 3.05) is 0 Å². The summed E-state index contributed by atoms with van der Waals surface area (Å²) in [4.78, 5) is 15.5. The Morgan fingerprint density at radius 2 is 0.873 bits per heavy atom. The third-order valence-corrected chi connectivity index (χ3v) is 15.1. The average molecular weight is 837 g/mol. The van der Waals surface area contributed by atoms with Crippen LogP contribution in [0.1, 0.15) is 0 Å². The zero-order chi connectivity index (χ0) is 41.2. The first-order valence-electron chi connectivity index (χ1n) is 21.2. The third-order valence-electron chi connectivity index (χ3n) is 12.8. The summed E-state index contributed by atoms with van der Waals surface area (Å²) in [5.74, 6) is 1.97. The van der Waals surface area contributed by atoms with E-state index in [0.29, 0.717) is 17.5 Å². The molecule has 10 aromatic carbocycles. The minimum atomic E-state index is 0.653. The Kier molecular flexibility index (Phi) is 7.40. The maximum Gasteiger partial charge on any atom is 0.164 e. The summed E-state index contributed by atoms with van der Waals surface area (Å²) in [7, 11) is 0. The fraction of sp³-hybridized carbons (Fsp3) is 0. The van der Waals surface area contributed by atoms with E-state index in [4.69, 9.17) is 15.0 Å². The van der Waals surface area contributed by atoms with Crippen molar-refractivity contribution in [3.63, 3.8) is 0 Å². The number of nitrogens with zero attached hydrogens (tertiary/aromatic N) is 4. The molecule has 0 fully saturated rings. The van der Waals surface area contributed by atoms with E-state index in [0.717, 1.165) is 22.4 Å². The van der Waals surface area contributed by atoms with Crippen LogP contribution in [-0.2, 0) is 0 Å². The van der Waals surface area contributed by atoms with Gasteiger partial charge in [-0.15, -0.1) is 22.7 Å². The van der Waals surface area contributed by atoms with Crippen molar-refractivity contribution < 1.29 is 0 Å². The zero-order valence-corrected chi connectivity index (χ0v) is 35.2. The number of para-hydroxylation sites is 1. The summed E-state index contributed by atoms with van der Waals surface area (Å²) in [6.07, 6.45) is 0. The monoisotopic (exact) mass is 836 g/mol. The van der Waals surface area contributed by atoms with Crippen molar-refractivity contribution in [2.24, 2.45) is 0 Å². The minimum Gasteiger partial charge on any atom is -0.309 e. The van der Waals surface area contributed by atoms with Crippen LogP contribution in [0.25, 0.3) is 135 Å². The maximum atomic E-state index is 5.24. The summed E-state index contributed by atoms with van der Waals surface area (Å²) in [6.45, 7) is 0. The van der Waals surface area contributed by atoms with Crippen molar-refractivity contribution >= 4 is 106 Å². The molecular weight excluding hydrogens is 805 g/mol. The number of benzene rings is 10. The predicted octanol–water partition coefficient (Wildman–Crippen LogP) is 16.1. The molecule has 0 aliphatic rings. The second-order valence-electron chi connectivity index (χ2n) is 16.3. The van der Waals surface area contributed by atoms with Crippen molar-refractivity contribution in [3.05, 3.63) is 194 Å². The fourth-order valence-corrected chi connectivity index (χ4v) is 12.3. The number of hydrogen-bond donors (Lipinski definition) is 0. The molecule has 4 aromatic heterocycles. The summed E-state index contributed by atoms with van der Waals surface area (Å²) in [6, 6.07) is 70.1. The van der Waals surface area contributed by atoms with E-state index in [2.05, 4.69) is 180 Å². The smallest absolute Gasteiger partial charge is 0.164 e. The van der Waals surface area contributed by atoms with E-state index in [9.17, 15) is 0 Å². The highest BCUT2D eigenvalue weighted by molar-refractivity contribution is 7.26. The van der Waals surface area contributed by atoms with E-state index in [1.165, 1.54) is 94.8 Å². The van der Waals surface area contributed by atoms with Gasteiger partial charge in [-0.1, -0.05) is 133 Å². The Morgan fingerprint density at radius 1 is 0.302 bits per heavy atom. The molecule has 4 nitrogen and oxygen atoms in total. The van der Waals surface area contributed by atoms with Gasteiger partial charge in [0.25, 0.3) is 0 Å². The number of thiophene rings is 2. The lowest BCUT2D eigenvalue weighted by atomic mass is 9.88. The Balaban J connectivity index is 1.00. The molecule has 0 unspecified atom stereocenters. The van der Waals surface area contributed by atoms with Crippen LogP contribution in [0, 0.1) is 0 Å². The van der Waals surface area contributed by atoms with Gasteiger partial charge in [0.1, 0.15) is 0 Å². The third kappa shape index (κ3) is 5.17. The lowest BCUT2D eigenvalue weighted by Gasteiger charge is -2.14. The normalized spacial score (nSPS) is 12.1. The Bertz CT molecular complexity index is 4140. The van der Waals surface area contributed by atoms with Crippen LogP contribution >= 0.6 is 22.7 Å². The van der Waals surface area contributed by atoms with E-state index >= 15 is 0 Å². The lowest BCUT2D eigenvalue weighted by Crippen LogP contribution is -2.00. The standard InChI is InChI=1S/C57H32N4S2/c1-3-13-33(14-4-1)55-58-56(60-57(59-55)35-25-27-39-38-18-9-10-23-47(38)63-50(39)32-35)34-26-30-48-44(31-34)51-42(21-12-24-49(51)62-48)43-28-29-46-54-52(43)40-19-8-7-17-37(40)41-20-11-22-45(53(41)54)61(46)36-15-5-2-6-16-36/h1-32H. The van der Waals surface area contributed by atoms with Crippen LogP contribution in [0.5, 0.6) is 0 Å². The van der Waals surface area contributed by atoms with Gasteiger partial charge >= 0.3 is 0 Å². The first-order valence-corrected chi connectivity index (χ1v) is 22.8. The molecule has 0 saturated heterocycles. The van der Waals surface area contributed by atoms with Crippen LogP contribution in [0.2, 0.25) is 0 Å². The molecule has 292 valence electrons. The quantitative estimate of drug-likeness (QED) is 0.162. The Labute approximate surface area is 369 Å². The van der Waals surface area contributed by atoms with Crippen molar-refractivity contribution in [3.8, 4) is 51.0 Å². The van der Waals surface area contributed by atoms with Crippen molar-refractivity contribution in [2.45, 2.75) is 0 Å². The lowest BCUT2D eigenvalue weighted by molar-refractivity contribution is 1.08. The number of fused-ring (bicyclic) bond motifs is 9. The maximum absolute atomic E-state index is 5.24. The van der Waals surface area contributed by atoms with E-state index in [1.54, 1.807) is 11.3 Å². The van der Waals surface area contributed by atoms with Crippen molar-refractivity contribution in [1.82, 2.24) is 19.5 Å². The highest BCUT2D eigenvalue weighted by Crippen LogP contribution is 2.49. The zero-order valence-electron chi connectivity index (χ0n) is 33.6. The molecule has 0 aliphatic heterocycles. The predicted molar refractivity (Wildman–Crippen MR) is 268 cm³/mol.